The minimum Gasteiger partial charge on any atom is -0.453 e. The molecule has 1 saturated heterocycles. The predicted octanol–water partition coefficient (Wildman–Crippen LogP) is 4.26. The SMILES string of the molecule is COC(=O)Nc1cc(C(F)(F)F)ccc1N1CCCCC1C. The van der Waals surface area contributed by atoms with Gasteiger partial charge in [-0.1, -0.05) is 0 Å². The summed E-state index contributed by atoms with van der Waals surface area (Å²) >= 11 is 0. The zero-order valence-corrected chi connectivity index (χ0v) is 12.5. The molecular weight excluding hydrogens is 297 g/mol. The first-order valence-electron chi connectivity index (χ1n) is 7.16. The first-order chi connectivity index (χ1) is 10.3. The third kappa shape index (κ3) is 3.64. The summed E-state index contributed by atoms with van der Waals surface area (Å²) in [5.41, 5.74) is -0.0895. The Hall–Kier alpha value is -1.92. The zero-order valence-electron chi connectivity index (χ0n) is 12.5. The Kier molecular flexibility index (Phi) is 4.83. The van der Waals surface area contributed by atoms with E-state index >= 15 is 0 Å². The predicted molar refractivity (Wildman–Crippen MR) is 78.1 cm³/mol. The largest absolute Gasteiger partial charge is 0.453 e. The molecule has 1 amide bonds. The molecule has 0 aromatic heterocycles. The maximum absolute atomic E-state index is 12.9. The Labute approximate surface area is 127 Å². The molecule has 0 spiro atoms. The summed E-state index contributed by atoms with van der Waals surface area (Å²) in [4.78, 5) is 13.4. The minimum absolute atomic E-state index is 0.121. The molecule has 0 bridgehead atoms. The highest BCUT2D eigenvalue weighted by atomic mass is 19.4. The van der Waals surface area contributed by atoms with Gasteiger partial charge < -0.3 is 9.64 Å². The number of carbonyl (C=O) groups excluding carboxylic acids is 1. The number of methoxy groups -OCH3 is 1. The monoisotopic (exact) mass is 316 g/mol. The molecule has 1 aromatic rings. The van der Waals surface area contributed by atoms with E-state index in [0.29, 0.717) is 5.69 Å². The lowest BCUT2D eigenvalue weighted by atomic mass is 10.0. The van der Waals surface area contributed by atoms with Crippen LogP contribution in [0.5, 0.6) is 0 Å². The van der Waals surface area contributed by atoms with Gasteiger partial charge in [0.2, 0.25) is 0 Å². The quantitative estimate of drug-likeness (QED) is 0.886. The Morgan fingerprint density at radius 1 is 1.36 bits per heavy atom. The molecule has 2 rings (SSSR count). The van der Waals surface area contributed by atoms with E-state index in [4.69, 9.17) is 0 Å². The van der Waals surface area contributed by atoms with E-state index in [-0.39, 0.29) is 11.7 Å². The highest BCUT2D eigenvalue weighted by molar-refractivity contribution is 5.90. The molecular formula is C15H19F3N2O2. The normalized spacial score (nSPS) is 19.0. The average Bonchev–Trinajstić information content (AvgIpc) is 2.47. The summed E-state index contributed by atoms with van der Waals surface area (Å²) in [6, 6.07) is 3.62. The van der Waals surface area contributed by atoms with Crippen LogP contribution in [0, 0.1) is 0 Å². The van der Waals surface area contributed by atoms with Crippen molar-refractivity contribution in [3.8, 4) is 0 Å². The van der Waals surface area contributed by atoms with E-state index in [1.54, 1.807) is 0 Å². The molecule has 1 aromatic carbocycles. The third-order valence-corrected chi connectivity index (χ3v) is 3.86. The van der Waals surface area contributed by atoms with Crippen molar-refractivity contribution < 1.29 is 22.7 Å². The number of nitrogens with one attached hydrogen (secondary N) is 1. The molecule has 1 aliphatic heterocycles. The number of benzene rings is 1. The van der Waals surface area contributed by atoms with E-state index in [1.807, 2.05) is 11.8 Å². The molecule has 1 N–H and O–H groups in total. The number of alkyl halides is 3. The van der Waals surface area contributed by atoms with Gasteiger partial charge in [-0.05, 0) is 44.4 Å². The number of amides is 1. The zero-order chi connectivity index (χ0) is 16.3. The van der Waals surface area contributed by atoms with Crippen LogP contribution in [0.2, 0.25) is 0 Å². The van der Waals surface area contributed by atoms with E-state index in [9.17, 15) is 18.0 Å². The van der Waals surface area contributed by atoms with Crippen LogP contribution >= 0.6 is 0 Å². The number of rotatable bonds is 2. The van der Waals surface area contributed by atoms with Crippen molar-refractivity contribution in [3.63, 3.8) is 0 Å². The van der Waals surface area contributed by atoms with Crippen molar-refractivity contribution >= 4 is 17.5 Å². The number of piperidine rings is 1. The average molecular weight is 316 g/mol. The van der Waals surface area contributed by atoms with Gasteiger partial charge in [0, 0.05) is 12.6 Å². The second kappa shape index (κ2) is 6.46. The molecule has 1 aliphatic rings. The topological polar surface area (TPSA) is 41.6 Å². The molecule has 122 valence electrons. The Morgan fingerprint density at radius 2 is 2.09 bits per heavy atom. The van der Waals surface area contributed by atoms with Crippen LogP contribution in [-0.2, 0) is 10.9 Å². The fourth-order valence-electron chi connectivity index (χ4n) is 2.68. The molecule has 1 atom stereocenters. The molecule has 1 fully saturated rings. The minimum atomic E-state index is -4.46. The number of hydrogen-bond acceptors (Lipinski definition) is 3. The number of nitrogens with zero attached hydrogens (tertiary/aromatic N) is 1. The van der Waals surface area contributed by atoms with Gasteiger partial charge >= 0.3 is 12.3 Å². The van der Waals surface area contributed by atoms with Crippen LogP contribution in [-0.4, -0.2) is 25.8 Å². The number of carbonyl (C=O) groups is 1. The fourth-order valence-corrected chi connectivity index (χ4v) is 2.68. The third-order valence-electron chi connectivity index (χ3n) is 3.86. The first kappa shape index (κ1) is 16.5. The summed E-state index contributed by atoms with van der Waals surface area (Å²) in [6.07, 6.45) is -2.21. The number of hydrogen-bond donors (Lipinski definition) is 1. The summed E-state index contributed by atoms with van der Waals surface area (Å²) in [6.45, 7) is 2.78. The summed E-state index contributed by atoms with van der Waals surface area (Å²) in [7, 11) is 1.17. The molecule has 1 heterocycles. The van der Waals surface area contributed by atoms with Crippen molar-refractivity contribution in [1.82, 2.24) is 0 Å². The number of anilines is 2. The second-order valence-electron chi connectivity index (χ2n) is 5.38. The molecule has 4 nitrogen and oxygen atoms in total. The van der Waals surface area contributed by atoms with Gasteiger partial charge in [-0.25, -0.2) is 4.79 Å². The summed E-state index contributed by atoms with van der Waals surface area (Å²) < 4.78 is 43.1. The smallest absolute Gasteiger partial charge is 0.416 e. The Morgan fingerprint density at radius 3 is 2.68 bits per heavy atom. The van der Waals surface area contributed by atoms with Gasteiger partial charge in [0.1, 0.15) is 0 Å². The van der Waals surface area contributed by atoms with E-state index in [1.165, 1.54) is 13.2 Å². The van der Waals surface area contributed by atoms with Crippen molar-refractivity contribution in [1.29, 1.82) is 0 Å². The Balaban J connectivity index is 2.40. The van der Waals surface area contributed by atoms with E-state index in [0.717, 1.165) is 37.9 Å². The van der Waals surface area contributed by atoms with Crippen molar-refractivity contribution in [2.24, 2.45) is 0 Å². The molecule has 0 aliphatic carbocycles. The molecule has 22 heavy (non-hydrogen) atoms. The molecule has 7 heteroatoms. The Bertz CT molecular complexity index is 546. The van der Waals surface area contributed by atoms with Crippen LogP contribution in [0.15, 0.2) is 18.2 Å². The van der Waals surface area contributed by atoms with Crippen LogP contribution in [0.25, 0.3) is 0 Å². The lowest BCUT2D eigenvalue weighted by molar-refractivity contribution is -0.137. The van der Waals surface area contributed by atoms with Gasteiger partial charge in [-0.15, -0.1) is 0 Å². The van der Waals surface area contributed by atoms with Crippen LogP contribution in [0.1, 0.15) is 31.7 Å². The number of halogens is 3. The van der Waals surface area contributed by atoms with E-state index in [2.05, 4.69) is 10.1 Å². The standard InChI is InChI=1S/C15H19F3N2O2/c1-10-5-3-4-8-20(10)13-7-6-11(15(16,17)18)9-12(13)19-14(21)22-2/h6-7,9-10H,3-5,8H2,1-2H3,(H,19,21). The second-order valence-corrected chi connectivity index (χ2v) is 5.38. The van der Waals surface area contributed by atoms with Crippen molar-refractivity contribution in [2.75, 3.05) is 23.9 Å². The van der Waals surface area contributed by atoms with Crippen LogP contribution in [0.3, 0.4) is 0 Å². The highest BCUT2D eigenvalue weighted by Crippen LogP contribution is 2.37. The van der Waals surface area contributed by atoms with E-state index < -0.39 is 17.8 Å². The van der Waals surface area contributed by atoms with Gasteiger partial charge in [-0.3, -0.25) is 5.32 Å². The van der Waals surface area contributed by atoms with Gasteiger partial charge in [0.25, 0.3) is 0 Å². The highest BCUT2D eigenvalue weighted by Gasteiger charge is 2.32. The van der Waals surface area contributed by atoms with Gasteiger partial charge in [0.15, 0.2) is 0 Å². The summed E-state index contributed by atoms with van der Waals surface area (Å²) in [5.74, 6) is 0. The van der Waals surface area contributed by atoms with Crippen molar-refractivity contribution in [3.05, 3.63) is 23.8 Å². The summed E-state index contributed by atoms with van der Waals surface area (Å²) in [5, 5.41) is 2.39. The molecule has 1 unspecified atom stereocenters. The van der Waals surface area contributed by atoms with Gasteiger partial charge in [0.05, 0.1) is 24.0 Å². The van der Waals surface area contributed by atoms with Gasteiger partial charge in [-0.2, -0.15) is 13.2 Å². The van der Waals surface area contributed by atoms with Crippen molar-refractivity contribution in [2.45, 2.75) is 38.4 Å². The van der Waals surface area contributed by atoms with Crippen LogP contribution in [0.4, 0.5) is 29.3 Å². The maximum Gasteiger partial charge on any atom is 0.416 e. The lowest BCUT2D eigenvalue weighted by Crippen LogP contribution is -2.38. The lowest BCUT2D eigenvalue weighted by Gasteiger charge is -2.36. The van der Waals surface area contributed by atoms with Crippen LogP contribution < -0.4 is 10.2 Å². The fraction of sp³-hybridized carbons (Fsp3) is 0.533. The number of ether oxygens (including phenoxy) is 1. The maximum atomic E-state index is 12.9. The first-order valence-corrected chi connectivity index (χ1v) is 7.16. The molecule has 0 saturated carbocycles. The molecule has 0 radical (unpaired) electrons.